The Hall–Kier alpha value is -1.70. The topological polar surface area (TPSA) is 41.4 Å². The molecular formula is C18H20Cl2F2N4O. The average molecular weight is 417 g/mol. The van der Waals surface area contributed by atoms with Crippen molar-refractivity contribution in [3.05, 3.63) is 51.3 Å². The number of benzene rings is 1. The van der Waals surface area contributed by atoms with Gasteiger partial charge in [0, 0.05) is 48.3 Å². The van der Waals surface area contributed by atoms with E-state index in [1.807, 2.05) is 0 Å². The van der Waals surface area contributed by atoms with Gasteiger partial charge in [0.15, 0.2) is 0 Å². The molecule has 27 heavy (non-hydrogen) atoms. The second kappa shape index (κ2) is 8.54. The Balaban J connectivity index is 1.57. The zero-order valence-corrected chi connectivity index (χ0v) is 16.4. The van der Waals surface area contributed by atoms with Crippen LogP contribution in [0.4, 0.5) is 8.78 Å². The number of halogens is 4. The van der Waals surface area contributed by atoms with Crippen LogP contribution in [0, 0.1) is 6.92 Å². The second-order valence-corrected chi connectivity index (χ2v) is 7.34. The Morgan fingerprint density at radius 2 is 1.81 bits per heavy atom. The van der Waals surface area contributed by atoms with Crippen LogP contribution in [0.5, 0.6) is 0 Å². The van der Waals surface area contributed by atoms with E-state index >= 15 is 0 Å². The number of hydrogen-bond donors (Lipinski definition) is 0. The molecule has 146 valence electrons. The Morgan fingerprint density at radius 1 is 1.19 bits per heavy atom. The molecule has 1 amide bonds. The lowest BCUT2D eigenvalue weighted by atomic mass is 10.2. The lowest BCUT2D eigenvalue weighted by Crippen LogP contribution is -2.49. The molecule has 1 fully saturated rings. The van der Waals surface area contributed by atoms with Crippen molar-refractivity contribution in [3.8, 4) is 0 Å². The summed E-state index contributed by atoms with van der Waals surface area (Å²) in [5.41, 5.74) is 1.11. The third-order valence-corrected chi connectivity index (χ3v) is 5.32. The standard InChI is InChI=1S/C18H20Cl2F2N4O/c1-12-9-16(18(21)22)26(23-12)11-17(27)25-7-5-24(6-8-25)10-13-14(19)3-2-4-15(13)20/h2-4,9,18H,5-8,10-11H2,1H3. The summed E-state index contributed by atoms with van der Waals surface area (Å²) in [4.78, 5) is 16.3. The number of hydrogen-bond acceptors (Lipinski definition) is 3. The number of carbonyl (C=O) groups excluding carboxylic acids is 1. The zero-order chi connectivity index (χ0) is 19.6. The minimum absolute atomic E-state index is 0.177. The molecule has 5 nitrogen and oxygen atoms in total. The fourth-order valence-electron chi connectivity index (χ4n) is 3.16. The molecule has 0 N–H and O–H groups in total. The van der Waals surface area contributed by atoms with Gasteiger partial charge >= 0.3 is 0 Å². The summed E-state index contributed by atoms with van der Waals surface area (Å²) in [5, 5.41) is 5.25. The first-order valence-corrected chi connectivity index (χ1v) is 9.36. The minimum atomic E-state index is -2.66. The summed E-state index contributed by atoms with van der Waals surface area (Å²) < 4.78 is 27.2. The first kappa shape index (κ1) is 20.0. The molecule has 1 aromatic carbocycles. The first-order valence-electron chi connectivity index (χ1n) is 8.60. The number of aromatic nitrogens is 2. The number of carbonyl (C=O) groups is 1. The predicted molar refractivity (Wildman–Crippen MR) is 100 cm³/mol. The number of piperazine rings is 1. The van der Waals surface area contributed by atoms with Gasteiger partial charge in [-0.25, -0.2) is 8.78 Å². The number of amides is 1. The monoisotopic (exact) mass is 416 g/mol. The largest absolute Gasteiger partial charge is 0.339 e. The smallest absolute Gasteiger partial charge is 0.280 e. The summed E-state index contributed by atoms with van der Waals surface area (Å²) in [6, 6.07) is 6.71. The molecule has 1 saturated heterocycles. The third kappa shape index (κ3) is 4.78. The maximum atomic E-state index is 13.0. The van der Waals surface area contributed by atoms with E-state index in [0.29, 0.717) is 48.5 Å². The normalized spacial score (nSPS) is 15.6. The van der Waals surface area contributed by atoms with E-state index in [1.165, 1.54) is 6.07 Å². The Morgan fingerprint density at radius 3 is 2.41 bits per heavy atom. The highest BCUT2D eigenvalue weighted by Crippen LogP contribution is 2.26. The van der Waals surface area contributed by atoms with Gasteiger partial charge in [0.05, 0.1) is 5.69 Å². The van der Waals surface area contributed by atoms with Crippen LogP contribution in [-0.2, 0) is 17.9 Å². The Bertz CT molecular complexity index is 799. The number of alkyl halides is 2. The van der Waals surface area contributed by atoms with Gasteiger partial charge in [-0.05, 0) is 25.1 Å². The van der Waals surface area contributed by atoms with Crippen molar-refractivity contribution >= 4 is 29.1 Å². The van der Waals surface area contributed by atoms with E-state index in [4.69, 9.17) is 23.2 Å². The van der Waals surface area contributed by atoms with Crippen molar-refractivity contribution in [3.63, 3.8) is 0 Å². The molecule has 1 aliphatic rings. The van der Waals surface area contributed by atoms with Crippen LogP contribution >= 0.6 is 23.2 Å². The Kier molecular flexibility index (Phi) is 6.34. The minimum Gasteiger partial charge on any atom is -0.339 e. The van der Waals surface area contributed by atoms with Gasteiger partial charge in [-0.15, -0.1) is 0 Å². The van der Waals surface area contributed by atoms with Crippen molar-refractivity contribution in [2.24, 2.45) is 0 Å². The van der Waals surface area contributed by atoms with Crippen LogP contribution in [-0.4, -0.2) is 51.7 Å². The van der Waals surface area contributed by atoms with Gasteiger partial charge < -0.3 is 4.90 Å². The molecule has 1 aromatic heterocycles. The van der Waals surface area contributed by atoms with Gasteiger partial charge in [0.2, 0.25) is 5.91 Å². The van der Waals surface area contributed by atoms with E-state index in [1.54, 1.807) is 30.0 Å². The lowest BCUT2D eigenvalue weighted by Gasteiger charge is -2.35. The van der Waals surface area contributed by atoms with Gasteiger partial charge in [-0.2, -0.15) is 5.10 Å². The van der Waals surface area contributed by atoms with Crippen LogP contribution in [0.15, 0.2) is 24.3 Å². The number of rotatable bonds is 5. The first-order chi connectivity index (χ1) is 12.8. The van der Waals surface area contributed by atoms with Gasteiger partial charge in [-0.1, -0.05) is 29.3 Å². The molecule has 0 unspecified atom stereocenters. The van der Waals surface area contributed by atoms with E-state index in [0.717, 1.165) is 10.2 Å². The van der Waals surface area contributed by atoms with Gasteiger partial charge in [0.25, 0.3) is 6.43 Å². The molecule has 2 aromatic rings. The predicted octanol–water partition coefficient (Wildman–Crippen LogP) is 3.78. The molecule has 0 bridgehead atoms. The molecule has 9 heteroatoms. The summed E-state index contributed by atoms with van der Waals surface area (Å²) in [5.74, 6) is -0.213. The highest BCUT2D eigenvalue weighted by molar-refractivity contribution is 6.35. The Labute approximate surface area is 166 Å². The highest BCUT2D eigenvalue weighted by Gasteiger charge is 2.24. The molecular weight excluding hydrogens is 397 g/mol. The summed E-state index contributed by atoms with van der Waals surface area (Å²) in [6.07, 6.45) is -2.66. The van der Waals surface area contributed by atoms with Crippen LogP contribution in [0.2, 0.25) is 10.0 Å². The molecule has 0 atom stereocenters. The summed E-state index contributed by atoms with van der Waals surface area (Å²) in [6.45, 7) is 4.42. The van der Waals surface area contributed by atoms with Crippen LogP contribution in [0.1, 0.15) is 23.4 Å². The van der Waals surface area contributed by atoms with E-state index < -0.39 is 6.43 Å². The summed E-state index contributed by atoms with van der Waals surface area (Å²) in [7, 11) is 0. The lowest BCUT2D eigenvalue weighted by molar-refractivity contribution is -0.134. The van der Waals surface area contributed by atoms with Crippen molar-refractivity contribution in [2.75, 3.05) is 26.2 Å². The van der Waals surface area contributed by atoms with E-state index in [9.17, 15) is 13.6 Å². The molecule has 2 heterocycles. The van der Waals surface area contributed by atoms with E-state index in [2.05, 4.69) is 10.00 Å². The maximum absolute atomic E-state index is 13.0. The second-order valence-electron chi connectivity index (χ2n) is 6.53. The average Bonchev–Trinajstić information content (AvgIpc) is 2.99. The fraction of sp³-hybridized carbons (Fsp3) is 0.444. The third-order valence-electron chi connectivity index (χ3n) is 4.61. The van der Waals surface area contributed by atoms with Crippen molar-refractivity contribution in [1.29, 1.82) is 0 Å². The van der Waals surface area contributed by atoms with Crippen LogP contribution in [0.3, 0.4) is 0 Å². The van der Waals surface area contributed by atoms with Gasteiger partial charge in [0.1, 0.15) is 12.2 Å². The van der Waals surface area contributed by atoms with Gasteiger partial charge in [-0.3, -0.25) is 14.4 Å². The molecule has 0 saturated carbocycles. The number of aryl methyl sites for hydroxylation is 1. The van der Waals surface area contributed by atoms with Crippen LogP contribution < -0.4 is 0 Å². The zero-order valence-electron chi connectivity index (χ0n) is 14.8. The maximum Gasteiger partial charge on any atom is 0.280 e. The van der Waals surface area contributed by atoms with E-state index in [-0.39, 0.29) is 18.1 Å². The number of nitrogens with zero attached hydrogens (tertiary/aromatic N) is 4. The fourth-order valence-corrected chi connectivity index (χ4v) is 3.68. The van der Waals surface area contributed by atoms with Crippen molar-refractivity contribution in [2.45, 2.75) is 26.4 Å². The quantitative estimate of drug-likeness (QED) is 0.744. The molecule has 0 spiro atoms. The molecule has 0 radical (unpaired) electrons. The van der Waals surface area contributed by atoms with Crippen molar-refractivity contribution in [1.82, 2.24) is 19.6 Å². The van der Waals surface area contributed by atoms with Crippen molar-refractivity contribution < 1.29 is 13.6 Å². The van der Waals surface area contributed by atoms with Crippen LogP contribution in [0.25, 0.3) is 0 Å². The summed E-state index contributed by atoms with van der Waals surface area (Å²) >= 11 is 12.4. The highest BCUT2D eigenvalue weighted by atomic mass is 35.5. The molecule has 1 aliphatic heterocycles. The molecule has 3 rings (SSSR count). The molecule has 0 aliphatic carbocycles. The SMILES string of the molecule is Cc1cc(C(F)F)n(CC(=O)N2CCN(Cc3c(Cl)cccc3Cl)CC2)n1.